The maximum atomic E-state index is 13.2. The van der Waals surface area contributed by atoms with Gasteiger partial charge in [0.2, 0.25) is 0 Å². The van der Waals surface area contributed by atoms with E-state index in [0.29, 0.717) is 12.1 Å². The average molecular weight is 372 g/mol. The molecule has 0 bridgehead atoms. The minimum absolute atomic E-state index is 0.332. The van der Waals surface area contributed by atoms with Gasteiger partial charge in [0.1, 0.15) is 0 Å². The van der Waals surface area contributed by atoms with Crippen LogP contribution in [0.5, 0.6) is 0 Å². The highest BCUT2D eigenvalue weighted by Gasteiger charge is 2.30. The van der Waals surface area contributed by atoms with Gasteiger partial charge < -0.3 is 5.32 Å². The first-order valence-corrected chi connectivity index (χ1v) is 7.39. The van der Waals surface area contributed by atoms with Crippen LogP contribution in [0.25, 0.3) is 10.8 Å². The molecular weight excluding hydrogens is 335 g/mol. The molecule has 0 fully saturated rings. The van der Waals surface area contributed by atoms with Gasteiger partial charge in [-0.25, -0.2) is 0 Å². The van der Waals surface area contributed by atoms with Crippen molar-refractivity contribution in [3.8, 4) is 0 Å². The first-order valence-electron chi connectivity index (χ1n) is 14.4. The van der Waals surface area contributed by atoms with Crippen LogP contribution in [0.4, 0.5) is 13.2 Å². The summed E-state index contributed by atoms with van der Waals surface area (Å²) >= 11 is 0. The smallest absolute Gasteiger partial charge is 0.310 e. The number of fused-ring (bicyclic) bond motifs is 1. The van der Waals surface area contributed by atoms with Crippen LogP contribution in [0.2, 0.25) is 0 Å². The molecule has 0 aromatic heterocycles. The molecule has 0 radical (unpaired) electrons. The molecule has 1 nitrogen and oxygen atoms in total. The van der Waals surface area contributed by atoms with Crippen LogP contribution in [0, 0.1) is 0 Å². The highest BCUT2D eigenvalue weighted by atomic mass is 19.4. The SMILES string of the molecule is [2H]c1c([2H])c([2H])c2c([C@]([2H])(C)NC([2H])([2H])C([2H])([2H])C([2H])([2H])c3cccc(C(F)(F)F)c3)c([2H])c([2H])c([2H])c2c1[2H]. The Kier molecular flexibility index (Phi) is 2.35. The Morgan fingerprint density at radius 1 is 1.15 bits per heavy atom. The van der Waals surface area contributed by atoms with E-state index in [1.165, 1.54) is 0 Å². The second kappa shape index (κ2) is 7.92. The molecule has 1 N–H and O–H groups in total. The van der Waals surface area contributed by atoms with Crippen LogP contribution in [0.15, 0.2) is 66.6 Å². The minimum atomic E-state index is -4.90. The van der Waals surface area contributed by atoms with Crippen LogP contribution in [-0.2, 0) is 12.5 Å². The van der Waals surface area contributed by atoms with Crippen LogP contribution in [-0.4, -0.2) is 6.50 Å². The van der Waals surface area contributed by atoms with Gasteiger partial charge in [-0.1, -0.05) is 60.5 Å². The third-order valence-corrected chi connectivity index (χ3v) is 3.40. The molecule has 0 unspecified atom stereocenters. The number of aryl methyl sites for hydroxylation is 1. The summed E-state index contributed by atoms with van der Waals surface area (Å²) in [6, 6.07) is -5.74. The third-order valence-electron chi connectivity index (χ3n) is 3.40. The van der Waals surface area contributed by atoms with Gasteiger partial charge in [0.05, 0.1) is 16.5 Å². The Hall–Kier alpha value is -2.33. The highest BCUT2D eigenvalue weighted by Crippen LogP contribution is 2.29. The van der Waals surface area contributed by atoms with E-state index in [4.69, 9.17) is 19.2 Å². The molecule has 3 rings (SSSR count). The summed E-state index contributed by atoms with van der Waals surface area (Å²) in [4.78, 5) is 0. The highest BCUT2D eigenvalue weighted by molar-refractivity contribution is 5.86. The van der Waals surface area contributed by atoms with Crippen molar-refractivity contribution in [2.24, 2.45) is 0 Å². The van der Waals surface area contributed by atoms with Crippen LogP contribution >= 0.6 is 0 Å². The lowest BCUT2D eigenvalue weighted by atomic mass is 9.99. The van der Waals surface area contributed by atoms with Crippen molar-refractivity contribution in [3.05, 3.63) is 83.3 Å². The summed E-state index contributed by atoms with van der Waals surface area (Å²) in [5, 5.41) is 0.809. The second-order valence-corrected chi connectivity index (χ2v) is 5.20. The fraction of sp³-hybridized carbons (Fsp3) is 0.273. The van der Waals surface area contributed by atoms with Crippen molar-refractivity contribution < 1.29 is 32.4 Å². The molecule has 0 saturated carbocycles. The van der Waals surface area contributed by atoms with Crippen molar-refractivity contribution >= 4 is 10.8 Å². The number of nitrogens with one attached hydrogen (secondary N) is 1. The van der Waals surface area contributed by atoms with Crippen LogP contribution < -0.4 is 5.32 Å². The van der Waals surface area contributed by atoms with Gasteiger partial charge in [0, 0.05) is 14.2 Å². The zero-order chi connectivity index (χ0) is 31.0. The van der Waals surface area contributed by atoms with E-state index < -0.39 is 101 Å². The van der Waals surface area contributed by atoms with E-state index in [0.717, 1.165) is 19.1 Å². The van der Waals surface area contributed by atoms with Gasteiger partial charge in [-0.05, 0) is 54.1 Å². The van der Waals surface area contributed by atoms with Gasteiger partial charge in [-0.15, -0.1) is 0 Å². The minimum Gasteiger partial charge on any atom is -0.310 e. The quantitative estimate of drug-likeness (QED) is 0.548. The Bertz CT molecular complexity index is 1490. The first kappa shape index (κ1) is 7.73. The summed E-state index contributed by atoms with van der Waals surface area (Å²) in [6.07, 6.45) is -12.0. The zero-order valence-electron chi connectivity index (χ0n) is 27.4. The molecule has 1 atom stereocenters. The number of halogens is 3. The second-order valence-electron chi connectivity index (χ2n) is 5.20. The first-order chi connectivity index (χ1) is 17.9. The molecular formula is C22H22F3N. The summed E-state index contributed by atoms with van der Waals surface area (Å²) in [5.74, 6) is 0. The molecule has 136 valence electrons. The Morgan fingerprint density at radius 2 is 1.92 bits per heavy atom. The molecule has 26 heavy (non-hydrogen) atoms. The van der Waals surface area contributed by atoms with E-state index in [1.807, 2.05) is 5.32 Å². The fourth-order valence-electron chi connectivity index (χ4n) is 2.16. The molecule has 0 aliphatic carbocycles. The van der Waals surface area contributed by atoms with Crippen molar-refractivity contribution in [3.63, 3.8) is 0 Å². The topological polar surface area (TPSA) is 12.0 Å². The van der Waals surface area contributed by atoms with E-state index in [-0.39, 0.29) is 0 Å². The van der Waals surface area contributed by atoms with Gasteiger partial charge in [0.15, 0.2) is 0 Å². The lowest BCUT2D eigenvalue weighted by Gasteiger charge is -2.17. The maximum Gasteiger partial charge on any atom is 0.416 e. The predicted octanol–water partition coefficient (Wildman–Crippen LogP) is 6.14. The van der Waals surface area contributed by atoms with Crippen LogP contribution in [0.3, 0.4) is 0 Å². The summed E-state index contributed by atoms with van der Waals surface area (Å²) < 4.78 is 155. The predicted molar refractivity (Wildman–Crippen MR) is 100 cm³/mol. The van der Waals surface area contributed by atoms with Crippen molar-refractivity contribution in [2.45, 2.75) is 31.9 Å². The van der Waals surface area contributed by atoms with Crippen molar-refractivity contribution in [2.75, 3.05) is 6.50 Å². The van der Waals surface area contributed by atoms with E-state index in [1.54, 1.807) is 0 Å². The van der Waals surface area contributed by atoms with Gasteiger partial charge in [-0.3, -0.25) is 0 Å². The normalized spacial score (nSPS) is 23.7. The molecule has 0 amide bonds. The summed E-state index contributed by atoms with van der Waals surface area (Å²) in [7, 11) is 0. The lowest BCUT2D eigenvalue weighted by molar-refractivity contribution is -0.137. The number of benzene rings is 3. The Labute approximate surface area is 171 Å². The zero-order valence-corrected chi connectivity index (χ0v) is 13.4. The largest absolute Gasteiger partial charge is 0.416 e. The molecule has 0 aliphatic heterocycles. The fourth-order valence-corrected chi connectivity index (χ4v) is 2.16. The number of alkyl halides is 3. The average Bonchev–Trinajstić information content (AvgIpc) is 2.83. The lowest BCUT2D eigenvalue weighted by Crippen LogP contribution is -2.20. The standard InChI is InChI=1S/C22H22F3N/c1-16(20-13-5-10-18-9-2-3-12-21(18)20)26-14-6-8-17-7-4-11-19(15-17)22(23,24)25/h2-5,7,9-13,15-16,26H,6,8,14H2,1H3/t16-/m0/s1/i2D,3D,5D,6D2,8D2,9D,10D,12D,13D,14D2,16D. The molecule has 3 aromatic rings. The number of hydrogen-bond donors (Lipinski definition) is 1. The van der Waals surface area contributed by atoms with Gasteiger partial charge in [0.25, 0.3) is 0 Å². The van der Waals surface area contributed by atoms with Crippen molar-refractivity contribution in [1.82, 2.24) is 5.32 Å². The molecule has 4 heteroatoms. The number of hydrogen-bond acceptors (Lipinski definition) is 1. The summed E-state index contributed by atoms with van der Waals surface area (Å²) in [5.41, 5.74) is -2.87. The molecule has 0 aliphatic rings. The molecule has 0 saturated heterocycles. The van der Waals surface area contributed by atoms with Gasteiger partial charge >= 0.3 is 6.18 Å². The monoisotopic (exact) mass is 371 g/mol. The third kappa shape index (κ3) is 4.44. The molecule has 0 spiro atoms. The number of rotatable bonds is 6. The molecule has 0 heterocycles. The van der Waals surface area contributed by atoms with Gasteiger partial charge in [-0.2, -0.15) is 13.2 Å². The van der Waals surface area contributed by atoms with Crippen molar-refractivity contribution in [1.29, 1.82) is 0 Å². The van der Waals surface area contributed by atoms with Crippen LogP contribution in [0.1, 0.15) is 55.2 Å². The van der Waals surface area contributed by atoms with E-state index >= 15 is 0 Å². The van der Waals surface area contributed by atoms with E-state index in [9.17, 15) is 13.2 Å². The Balaban J connectivity index is 2.23. The maximum absolute atomic E-state index is 13.2. The van der Waals surface area contributed by atoms with E-state index in [2.05, 4.69) is 0 Å². The molecule has 3 aromatic carbocycles. The Morgan fingerprint density at radius 3 is 2.73 bits per heavy atom. The summed E-state index contributed by atoms with van der Waals surface area (Å²) in [6.45, 7) is -2.70.